The number of benzene rings is 1. The molecule has 4 heteroatoms. The summed E-state index contributed by atoms with van der Waals surface area (Å²) in [6, 6.07) is 10.7. The van der Waals surface area contributed by atoms with Crippen LogP contribution < -0.4 is 10.2 Å². The second-order valence-electron chi connectivity index (χ2n) is 4.48. The Hall–Kier alpha value is -1.24. The minimum Gasteiger partial charge on any atom is -0.367 e. The maximum Gasteiger partial charge on any atom is 0.0639 e. The molecule has 0 radical (unpaired) electrons. The Balaban J connectivity index is 2.16. The van der Waals surface area contributed by atoms with E-state index in [2.05, 4.69) is 23.2 Å². The fraction of sp³-hybridized carbons (Fsp3) is 0.462. The molecular formula is C13H16ClN3. The fourth-order valence-electron chi connectivity index (χ4n) is 2.32. The zero-order valence-electron chi connectivity index (χ0n) is 9.86. The van der Waals surface area contributed by atoms with E-state index >= 15 is 0 Å². The van der Waals surface area contributed by atoms with Gasteiger partial charge >= 0.3 is 0 Å². The predicted octanol–water partition coefficient (Wildman–Crippen LogP) is 2.42. The quantitative estimate of drug-likeness (QED) is 0.875. The molecule has 0 amide bonds. The van der Waals surface area contributed by atoms with Crippen LogP contribution in [0.5, 0.6) is 0 Å². The highest BCUT2D eigenvalue weighted by Crippen LogP contribution is 2.26. The first kappa shape index (κ1) is 12.2. The number of nitriles is 1. The molecule has 0 bridgehead atoms. The van der Waals surface area contributed by atoms with Gasteiger partial charge < -0.3 is 10.2 Å². The maximum absolute atomic E-state index is 8.78. The Morgan fingerprint density at radius 2 is 2.24 bits per heavy atom. The minimum atomic E-state index is 0.222. The van der Waals surface area contributed by atoms with Crippen LogP contribution in [0.4, 0.5) is 5.69 Å². The molecule has 1 aromatic rings. The summed E-state index contributed by atoms with van der Waals surface area (Å²) in [5.41, 5.74) is 1.06. The molecule has 0 spiro atoms. The van der Waals surface area contributed by atoms with E-state index in [9.17, 15) is 0 Å². The van der Waals surface area contributed by atoms with Crippen molar-refractivity contribution in [3.05, 3.63) is 29.3 Å². The van der Waals surface area contributed by atoms with Gasteiger partial charge in [0.15, 0.2) is 0 Å². The monoisotopic (exact) mass is 249 g/mol. The number of hydrogen-bond acceptors (Lipinski definition) is 3. The summed E-state index contributed by atoms with van der Waals surface area (Å²) in [4.78, 5) is 2.26. The highest BCUT2D eigenvalue weighted by molar-refractivity contribution is 6.33. The van der Waals surface area contributed by atoms with Crippen LogP contribution in [0.25, 0.3) is 0 Å². The summed E-state index contributed by atoms with van der Waals surface area (Å²) >= 11 is 6.20. The van der Waals surface area contributed by atoms with Gasteiger partial charge in [-0.3, -0.25) is 0 Å². The van der Waals surface area contributed by atoms with E-state index in [0.717, 1.165) is 23.8 Å². The topological polar surface area (TPSA) is 39.1 Å². The van der Waals surface area contributed by atoms with Gasteiger partial charge in [0.05, 0.1) is 23.2 Å². The lowest BCUT2D eigenvalue weighted by Crippen LogP contribution is -2.55. The smallest absolute Gasteiger partial charge is 0.0639 e. The number of para-hydroxylation sites is 1. The normalized spacial score (nSPS) is 24.4. The standard InChI is InChI=1S/C13H16ClN3/c1-10-8-17(9-11(16-10)6-7-15)13-5-3-2-4-12(13)14/h2-5,10-11,16H,6,8-9H2,1H3. The fourth-order valence-corrected chi connectivity index (χ4v) is 2.57. The van der Waals surface area contributed by atoms with Gasteiger partial charge in [-0.2, -0.15) is 5.26 Å². The number of piperazine rings is 1. The van der Waals surface area contributed by atoms with E-state index in [-0.39, 0.29) is 6.04 Å². The molecule has 3 nitrogen and oxygen atoms in total. The zero-order valence-corrected chi connectivity index (χ0v) is 10.6. The van der Waals surface area contributed by atoms with Crippen LogP contribution in [0, 0.1) is 11.3 Å². The third-order valence-electron chi connectivity index (χ3n) is 2.99. The van der Waals surface area contributed by atoms with Crippen molar-refractivity contribution in [2.45, 2.75) is 25.4 Å². The molecule has 90 valence electrons. The molecule has 2 rings (SSSR count). The number of anilines is 1. The van der Waals surface area contributed by atoms with Crippen molar-refractivity contribution < 1.29 is 0 Å². The van der Waals surface area contributed by atoms with Crippen LogP contribution in [0.2, 0.25) is 5.02 Å². The Morgan fingerprint density at radius 1 is 1.47 bits per heavy atom. The van der Waals surface area contributed by atoms with Crippen LogP contribution in [0.1, 0.15) is 13.3 Å². The highest BCUT2D eigenvalue weighted by Gasteiger charge is 2.24. The van der Waals surface area contributed by atoms with Crippen LogP contribution in [-0.4, -0.2) is 25.2 Å². The molecule has 1 aromatic carbocycles. The molecule has 1 aliphatic heterocycles. The second kappa shape index (κ2) is 5.39. The number of rotatable bonds is 2. The van der Waals surface area contributed by atoms with Gasteiger partial charge in [0, 0.05) is 25.2 Å². The second-order valence-corrected chi connectivity index (χ2v) is 4.89. The Kier molecular flexibility index (Phi) is 3.88. The first-order valence-electron chi connectivity index (χ1n) is 5.83. The van der Waals surface area contributed by atoms with Crippen molar-refractivity contribution in [1.29, 1.82) is 5.26 Å². The van der Waals surface area contributed by atoms with Gasteiger partial charge in [-0.25, -0.2) is 0 Å². The predicted molar refractivity (Wildman–Crippen MR) is 70.3 cm³/mol. The Labute approximate surface area is 107 Å². The molecule has 1 N–H and O–H groups in total. The van der Waals surface area contributed by atoms with Crippen LogP contribution in [0.15, 0.2) is 24.3 Å². The first-order chi connectivity index (χ1) is 8.20. The number of nitrogens with zero attached hydrogens (tertiary/aromatic N) is 2. The molecule has 1 saturated heterocycles. The highest BCUT2D eigenvalue weighted by atomic mass is 35.5. The third kappa shape index (κ3) is 2.91. The molecule has 0 aromatic heterocycles. The van der Waals surface area contributed by atoms with Gasteiger partial charge in [0.1, 0.15) is 0 Å². The van der Waals surface area contributed by atoms with Crippen LogP contribution in [0.3, 0.4) is 0 Å². The summed E-state index contributed by atoms with van der Waals surface area (Å²) in [5.74, 6) is 0. The zero-order chi connectivity index (χ0) is 12.3. The van der Waals surface area contributed by atoms with Crippen molar-refractivity contribution in [1.82, 2.24) is 5.32 Å². The van der Waals surface area contributed by atoms with Gasteiger partial charge in [0.2, 0.25) is 0 Å². The lowest BCUT2D eigenvalue weighted by atomic mass is 10.1. The minimum absolute atomic E-state index is 0.222. The van der Waals surface area contributed by atoms with Gasteiger partial charge in [-0.05, 0) is 19.1 Å². The van der Waals surface area contributed by atoms with E-state index in [1.54, 1.807) is 0 Å². The Bertz CT molecular complexity index is 427. The van der Waals surface area contributed by atoms with Crippen molar-refractivity contribution >= 4 is 17.3 Å². The summed E-state index contributed by atoms with van der Waals surface area (Å²) in [5, 5.41) is 13.0. The summed E-state index contributed by atoms with van der Waals surface area (Å²) in [7, 11) is 0. The molecule has 17 heavy (non-hydrogen) atoms. The summed E-state index contributed by atoms with van der Waals surface area (Å²) < 4.78 is 0. The lowest BCUT2D eigenvalue weighted by Gasteiger charge is -2.38. The van der Waals surface area contributed by atoms with Crippen molar-refractivity contribution in [3.63, 3.8) is 0 Å². The largest absolute Gasteiger partial charge is 0.367 e. The van der Waals surface area contributed by atoms with E-state index in [0.29, 0.717) is 12.5 Å². The third-order valence-corrected chi connectivity index (χ3v) is 3.31. The van der Waals surface area contributed by atoms with Crippen molar-refractivity contribution in [2.75, 3.05) is 18.0 Å². The summed E-state index contributed by atoms with van der Waals surface area (Å²) in [6.07, 6.45) is 0.533. The average molecular weight is 250 g/mol. The molecule has 0 aliphatic carbocycles. The van der Waals surface area contributed by atoms with E-state index < -0.39 is 0 Å². The van der Waals surface area contributed by atoms with Gasteiger partial charge in [-0.15, -0.1) is 0 Å². The Morgan fingerprint density at radius 3 is 2.94 bits per heavy atom. The molecule has 2 atom stereocenters. The van der Waals surface area contributed by atoms with E-state index in [1.165, 1.54) is 0 Å². The van der Waals surface area contributed by atoms with Crippen molar-refractivity contribution in [2.24, 2.45) is 0 Å². The molecule has 1 heterocycles. The molecule has 1 fully saturated rings. The molecule has 0 saturated carbocycles. The number of hydrogen-bond donors (Lipinski definition) is 1. The van der Waals surface area contributed by atoms with E-state index in [1.807, 2.05) is 24.3 Å². The molecular weight excluding hydrogens is 234 g/mol. The van der Waals surface area contributed by atoms with Crippen LogP contribution in [-0.2, 0) is 0 Å². The maximum atomic E-state index is 8.78. The average Bonchev–Trinajstić information content (AvgIpc) is 2.29. The number of halogens is 1. The van der Waals surface area contributed by atoms with Gasteiger partial charge in [0.25, 0.3) is 0 Å². The van der Waals surface area contributed by atoms with Crippen molar-refractivity contribution in [3.8, 4) is 6.07 Å². The summed E-state index contributed by atoms with van der Waals surface area (Å²) in [6.45, 7) is 3.89. The van der Waals surface area contributed by atoms with Crippen LogP contribution >= 0.6 is 11.6 Å². The van der Waals surface area contributed by atoms with Gasteiger partial charge in [-0.1, -0.05) is 23.7 Å². The first-order valence-corrected chi connectivity index (χ1v) is 6.21. The SMILES string of the molecule is CC1CN(c2ccccc2Cl)CC(CC#N)N1. The molecule has 1 aliphatic rings. The lowest BCUT2D eigenvalue weighted by molar-refractivity contribution is 0.391. The van der Waals surface area contributed by atoms with E-state index in [4.69, 9.17) is 16.9 Å². The molecule has 2 unspecified atom stereocenters. The number of nitrogens with one attached hydrogen (secondary N) is 1.